The summed E-state index contributed by atoms with van der Waals surface area (Å²) in [4.78, 5) is 0. The van der Waals surface area contributed by atoms with E-state index in [1.165, 1.54) is 27.8 Å². The SMILES string of the molecule is C.C/C=C(C)\C=C(\C)C(C)c1ccc(C)cc1C.CC. The minimum atomic E-state index is 0. The molecule has 1 aromatic carbocycles. The van der Waals surface area contributed by atoms with Gasteiger partial charge in [0.05, 0.1) is 0 Å². The predicted molar refractivity (Wildman–Crippen MR) is 95.6 cm³/mol. The van der Waals surface area contributed by atoms with Crippen molar-refractivity contribution in [1.82, 2.24) is 0 Å². The summed E-state index contributed by atoms with van der Waals surface area (Å²) in [5.41, 5.74) is 6.92. The van der Waals surface area contributed by atoms with Crippen LogP contribution in [0, 0.1) is 13.8 Å². The van der Waals surface area contributed by atoms with Gasteiger partial charge >= 0.3 is 0 Å². The molecule has 0 heteroatoms. The minimum absolute atomic E-state index is 0. The van der Waals surface area contributed by atoms with Crippen LogP contribution in [0.15, 0.2) is 41.5 Å². The summed E-state index contributed by atoms with van der Waals surface area (Å²) in [6, 6.07) is 6.73. The molecular weight excluding hydrogens is 240 g/mol. The van der Waals surface area contributed by atoms with Crippen molar-refractivity contribution in [3.05, 3.63) is 58.2 Å². The van der Waals surface area contributed by atoms with Crippen molar-refractivity contribution in [2.45, 2.75) is 68.7 Å². The van der Waals surface area contributed by atoms with Gasteiger partial charge in [-0.05, 0) is 45.7 Å². The largest absolute Gasteiger partial charge is 0.0847 e. The van der Waals surface area contributed by atoms with Gasteiger partial charge in [-0.15, -0.1) is 0 Å². The molecule has 0 fully saturated rings. The standard InChI is InChI=1S/C17H24.C2H6.CH4/c1-7-12(2)10-14(4)16(6)17-9-8-13(3)11-15(17)5;1-2;/h7-11,16H,1-6H3;1-2H3;1H4/b12-7-,14-10-;;. The highest BCUT2D eigenvalue weighted by Gasteiger charge is 2.10. The zero-order valence-electron chi connectivity index (χ0n) is 14.0. The van der Waals surface area contributed by atoms with E-state index in [1.807, 2.05) is 13.8 Å². The van der Waals surface area contributed by atoms with Crippen molar-refractivity contribution >= 4 is 0 Å². The molecule has 0 aliphatic rings. The summed E-state index contributed by atoms with van der Waals surface area (Å²) < 4.78 is 0. The highest BCUT2D eigenvalue weighted by atomic mass is 14.1. The number of hydrogen-bond donors (Lipinski definition) is 0. The van der Waals surface area contributed by atoms with Gasteiger partial charge in [0, 0.05) is 5.92 Å². The molecule has 0 amide bonds. The summed E-state index contributed by atoms with van der Waals surface area (Å²) in [5, 5.41) is 0. The highest BCUT2D eigenvalue weighted by molar-refractivity contribution is 5.38. The van der Waals surface area contributed by atoms with Crippen LogP contribution in [0.4, 0.5) is 0 Å². The first kappa shape index (κ1) is 21.0. The first-order chi connectivity index (χ1) is 8.95. The molecule has 0 nitrogen and oxygen atoms in total. The van der Waals surface area contributed by atoms with Crippen LogP contribution in [0.2, 0.25) is 0 Å². The van der Waals surface area contributed by atoms with Crippen molar-refractivity contribution in [1.29, 1.82) is 0 Å². The van der Waals surface area contributed by atoms with E-state index >= 15 is 0 Å². The van der Waals surface area contributed by atoms with Crippen LogP contribution >= 0.6 is 0 Å². The van der Waals surface area contributed by atoms with E-state index in [1.54, 1.807) is 0 Å². The lowest BCUT2D eigenvalue weighted by Crippen LogP contribution is -1.99. The van der Waals surface area contributed by atoms with E-state index in [4.69, 9.17) is 0 Å². The Morgan fingerprint density at radius 3 is 2.10 bits per heavy atom. The first-order valence-corrected chi connectivity index (χ1v) is 7.34. The van der Waals surface area contributed by atoms with E-state index in [2.05, 4.69) is 71.9 Å². The molecule has 0 aliphatic heterocycles. The maximum Gasteiger partial charge on any atom is 0.00228 e. The molecule has 114 valence electrons. The Balaban J connectivity index is 0. The molecule has 0 N–H and O–H groups in total. The summed E-state index contributed by atoms with van der Waals surface area (Å²) in [5.74, 6) is 0.491. The molecule has 1 aromatic rings. The lowest BCUT2D eigenvalue weighted by atomic mass is 9.89. The maximum atomic E-state index is 2.28. The minimum Gasteiger partial charge on any atom is -0.0847 e. The van der Waals surface area contributed by atoms with Gasteiger partial charge in [0.2, 0.25) is 0 Å². The van der Waals surface area contributed by atoms with Gasteiger partial charge in [0.15, 0.2) is 0 Å². The van der Waals surface area contributed by atoms with Gasteiger partial charge < -0.3 is 0 Å². The van der Waals surface area contributed by atoms with Crippen molar-refractivity contribution in [2.24, 2.45) is 0 Å². The van der Waals surface area contributed by atoms with Crippen LogP contribution in [0.1, 0.15) is 71.6 Å². The van der Waals surface area contributed by atoms with Crippen molar-refractivity contribution in [2.75, 3.05) is 0 Å². The number of rotatable bonds is 3. The first-order valence-electron chi connectivity index (χ1n) is 7.34. The molecule has 1 unspecified atom stereocenters. The second-order valence-corrected chi connectivity index (χ2v) is 5.00. The quantitative estimate of drug-likeness (QED) is 0.521. The highest BCUT2D eigenvalue weighted by Crippen LogP contribution is 2.27. The lowest BCUT2D eigenvalue weighted by molar-refractivity contribution is 0.880. The van der Waals surface area contributed by atoms with Crippen LogP contribution in [0.25, 0.3) is 0 Å². The average Bonchev–Trinajstić information content (AvgIpc) is 2.40. The monoisotopic (exact) mass is 274 g/mol. The molecule has 20 heavy (non-hydrogen) atoms. The number of allylic oxidation sites excluding steroid dienone is 4. The van der Waals surface area contributed by atoms with Gasteiger partial charge in [0.25, 0.3) is 0 Å². The molecule has 1 rings (SSSR count). The Bertz CT molecular complexity index is 447. The molecule has 0 bridgehead atoms. The third-order valence-corrected chi connectivity index (χ3v) is 3.49. The molecule has 0 aromatic heterocycles. The molecule has 0 radical (unpaired) electrons. The van der Waals surface area contributed by atoms with E-state index in [9.17, 15) is 0 Å². The van der Waals surface area contributed by atoms with Crippen LogP contribution in [-0.4, -0.2) is 0 Å². The smallest absolute Gasteiger partial charge is 0.00228 e. The van der Waals surface area contributed by atoms with E-state index in [-0.39, 0.29) is 7.43 Å². The van der Waals surface area contributed by atoms with Gasteiger partial charge in [0.1, 0.15) is 0 Å². The van der Waals surface area contributed by atoms with Gasteiger partial charge in [-0.2, -0.15) is 0 Å². The fourth-order valence-electron chi connectivity index (χ4n) is 2.12. The Morgan fingerprint density at radius 1 is 1.10 bits per heavy atom. The molecule has 1 atom stereocenters. The van der Waals surface area contributed by atoms with E-state index in [0.717, 1.165) is 0 Å². The second kappa shape index (κ2) is 10.5. The Morgan fingerprint density at radius 2 is 1.65 bits per heavy atom. The number of aryl methyl sites for hydroxylation is 2. The molecular formula is C20H34. The molecule has 0 saturated carbocycles. The fraction of sp³-hybridized carbons (Fsp3) is 0.500. The van der Waals surface area contributed by atoms with Gasteiger partial charge in [-0.1, -0.05) is 75.3 Å². The average molecular weight is 274 g/mol. The summed E-state index contributed by atoms with van der Waals surface area (Å²) >= 11 is 0. The third-order valence-electron chi connectivity index (χ3n) is 3.49. The van der Waals surface area contributed by atoms with Crippen molar-refractivity contribution in [3.8, 4) is 0 Å². The lowest BCUT2D eigenvalue weighted by Gasteiger charge is -2.16. The summed E-state index contributed by atoms with van der Waals surface area (Å²) in [7, 11) is 0. The molecule has 0 aliphatic carbocycles. The Kier molecular flexibility index (Phi) is 11.0. The Labute approximate surface area is 127 Å². The third kappa shape index (κ3) is 6.23. The molecule has 0 saturated heterocycles. The predicted octanol–water partition coefficient (Wildman–Crippen LogP) is 6.98. The summed E-state index contributed by atoms with van der Waals surface area (Å²) in [6.07, 6.45) is 4.43. The number of benzene rings is 1. The van der Waals surface area contributed by atoms with Gasteiger partial charge in [-0.25, -0.2) is 0 Å². The number of hydrogen-bond acceptors (Lipinski definition) is 0. The van der Waals surface area contributed by atoms with E-state index in [0.29, 0.717) is 5.92 Å². The van der Waals surface area contributed by atoms with E-state index < -0.39 is 0 Å². The second-order valence-electron chi connectivity index (χ2n) is 5.00. The maximum absolute atomic E-state index is 2.28. The Hall–Kier alpha value is -1.30. The molecule has 0 spiro atoms. The van der Waals surface area contributed by atoms with Gasteiger partial charge in [-0.3, -0.25) is 0 Å². The van der Waals surface area contributed by atoms with Crippen LogP contribution in [-0.2, 0) is 0 Å². The normalized spacial score (nSPS) is 13.0. The topological polar surface area (TPSA) is 0 Å². The van der Waals surface area contributed by atoms with Crippen LogP contribution in [0.5, 0.6) is 0 Å². The summed E-state index contributed by atoms with van der Waals surface area (Å²) in [6.45, 7) is 17.1. The van der Waals surface area contributed by atoms with Crippen molar-refractivity contribution in [3.63, 3.8) is 0 Å². The van der Waals surface area contributed by atoms with Crippen molar-refractivity contribution < 1.29 is 0 Å². The zero-order chi connectivity index (χ0) is 15.0. The molecule has 0 heterocycles. The van der Waals surface area contributed by atoms with Crippen LogP contribution in [0.3, 0.4) is 0 Å². The fourth-order valence-corrected chi connectivity index (χ4v) is 2.12. The zero-order valence-corrected chi connectivity index (χ0v) is 14.0. The van der Waals surface area contributed by atoms with Crippen LogP contribution < -0.4 is 0 Å².